The Morgan fingerprint density at radius 3 is 1.28 bits per heavy atom. The number of halogens is 5. The van der Waals surface area contributed by atoms with Crippen molar-refractivity contribution in [2.24, 2.45) is 0 Å². The van der Waals surface area contributed by atoms with Crippen molar-refractivity contribution in [3.63, 3.8) is 0 Å². The average molecular weight is 1100 g/mol. The van der Waals surface area contributed by atoms with Crippen LogP contribution in [0.1, 0.15) is 0 Å². The van der Waals surface area contributed by atoms with Crippen LogP contribution in [0.15, 0.2) is 115 Å². The molecule has 7 aromatic heterocycles. The highest BCUT2D eigenvalue weighted by Gasteiger charge is 2.09. The van der Waals surface area contributed by atoms with Gasteiger partial charge in [-0.3, -0.25) is 15.0 Å². The van der Waals surface area contributed by atoms with Gasteiger partial charge < -0.3 is 38.9 Å². The number of alkyl halides is 3. The van der Waals surface area contributed by atoms with Crippen molar-refractivity contribution in [2.75, 3.05) is 17.2 Å². The van der Waals surface area contributed by atoms with Crippen LogP contribution in [-0.4, -0.2) is 65.2 Å². The van der Waals surface area contributed by atoms with E-state index in [0.29, 0.717) is 27.5 Å². The molecule has 0 fully saturated rings. The van der Waals surface area contributed by atoms with Crippen molar-refractivity contribution in [3.05, 3.63) is 115 Å². The van der Waals surface area contributed by atoms with Crippen molar-refractivity contribution in [1.82, 2.24) is 46.0 Å². The minimum atomic E-state index is -1.30. The minimum absolute atomic E-state index is 0. The molecule has 24 heteroatoms. The van der Waals surface area contributed by atoms with Crippen molar-refractivity contribution in [1.29, 1.82) is 0 Å². The molecule has 0 bridgehead atoms. The van der Waals surface area contributed by atoms with Gasteiger partial charge in [-0.15, -0.1) is 0 Å². The Balaban J connectivity index is 0.000000626. The molecule has 0 atom stereocenters. The van der Waals surface area contributed by atoms with Crippen molar-refractivity contribution in [2.45, 2.75) is 2.65 Å². The number of hydrogen-bond acceptors (Lipinski definition) is 17. The van der Waals surface area contributed by atoms with E-state index < -0.39 is 7.12 Å². The van der Waals surface area contributed by atoms with Gasteiger partial charge in [0.05, 0.1) is 54.8 Å². The Morgan fingerprint density at radius 1 is 0.566 bits per heavy atom. The Morgan fingerprint density at radius 2 is 1.00 bits per heavy atom. The Labute approximate surface area is 359 Å². The van der Waals surface area contributed by atoms with Crippen LogP contribution in [-0.2, 0) is 0 Å². The van der Waals surface area contributed by atoms with E-state index in [9.17, 15) is 0 Å². The smallest absolute Gasteiger partial charge is 0.423 e. The number of rotatable bonds is 3. The molecule has 0 aromatic carbocycles. The van der Waals surface area contributed by atoms with Gasteiger partial charge in [0.1, 0.15) is 29.3 Å². The van der Waals surface area contributed by atoms with Crippen LogP contribution in [0.5, 0.6) is 0 Å². The summed E-state index contributed by atoms with van der Waals surface area (Å²) in [6.45, 7) is 0. The zero-order valence-corrected chi connectivity index (χ0v) is 37.5. The largest absolute Gasteiger partial charge is 0.489 e. The van der Waals surface area contributed by atoms with E-state index in [0.717, 1.165) is 27.1 Å². The third-order valence-corrected chi connectivity index (χ3v) is 7.88. The topological polar surface area (TPSA) is 288 Å². The first-order valence-electron chi connectivity index (χ1n) is 13.6. The van der Waals surface area contributed by atoms with Gasteiger partial charge >= 0.3 is 7.12 Å². The molecule has 7 rings (SSSR count). The van der Waals surface area contributed by atoms with Gasteiger partial charge in [-0.25, -0.2) is 24.9 Å². The molecule has 0 aliphatic carbocycles. The summed E-state index contributed by atoms with van der Waals surface area (Å²) >= 11 is 20.4. The highest BCUT2D eigenvalue weighted by molar-refractivity contribution is 9.38. The second-order valence-electron chi connectivity index (χ2n) is 8.65. The van der Waals surface area contributed by atoms with Gasteiger partial charge in [0.15, 0.2) is 0 Å². The molecule has 7 heterocycles. The average Bonchev–Trinajstić information content (AvgIpc) is 3.93. The highest BCUT2D eigenvalue weighted by Crippen LogP contribution is 2.20. The molecule has 0 saturated heterocycles. The van der Waals surface area contributed by atoms with Crippen molar-refractivity contribution >= 4 is 144 Å². The maximum atomic E-state index is 8.47. The molecule has 0 radical (unpaired) electrons. The monoisotopic (exact) mass is 1100 g/mol. The number of nitrogens with two attached hydrogens (primary N) is 3. The zero-order valence-electron chi connectivity index (χ0n) is 27.1. The van der Waals surface area contributed by atoms with Crippen LogP contribution in [0.4, 0.5) is 17.5 Å². The number of nitrogens with zero attached hydrogens (tertiary/aromatic N) is 8. The predicted molar refractivity (Wildman–Crippen MR) is 237 cm³/mol. The van der Waals surface area contributed by atoms with Crippen LogP contribution >= 0.6 is 114 Å². The SMILES string of the molecule is BrC(Br)Br.Brc1cnc(-c2ccsc2)cn1.N.Nc1cnc(-c2ccsc2)cn1.Nc1cnc(Br)cn1.Nc1cnccn1.O.OB(O)c1ccsc1. The molecule has 13 N–H and O–H groups in total. The Kier molecular flexibility index (Phi) is 27.9. The normalized spacial score (nSPS) is 9.13. The molecular formula is C29H32BBr5N12O3S3. The van der Waals surface area contributed by atoms with E-state index in [-0.39, 0.29) is 14.3 Å². The summed E-state index contributed by atoms with van der Waals surface area (Å²) in [6, 6.07) is 5.71. The van der Waals surface area contributed by atoms with Crippen LogP contribution in [0, 0.1) is 0 Å². The number of anilines is 3. The lowest BCUT2D eigenvalue weighted by Crippen LogP contribution is -2.27. The molecule has 0 amide bonds. The van der Waals surface area contributed by atoms with Gasteiger partial charge in [0.2, 0.25) is 0 Å². The molecule has 0 aliphatic heterocycles. The molecule has 53 heavy (non-hydrogen) atoms. The fourth-order valence-electron chi connectivity index (χ4n) is 2.82. The number of aromatic nitrogens is 8. The maximum absolute atomic E-state index is 8.47. The summed E-state index contributed by atoms with van der Waals surface area (Å²) in [5.74, 6) is 1.35. The molecule has 0 saturated carbocycles. The van der Waals surface area contributed by atoms with Gasteiger partial charge in [0.25, 0.3) is 0 Å². The molecular weight excluding hydrogens is 1070 g/mol. The molecule has 282 valence electrons. The summed E-state index contributed by atoms with van der Waals surface area (Å²) in [5, 5.41) is 28.6. The summed E-state index contributed by atoms with van der Waals surface area (Å²) in [7, 11) is -1.30. The second kappa shape index (κ2) is 29.5. The molecule has 0 aliphatic rings. The lowest BCUT2D eigenvalue weighted by atomic mass is 9.83. The van der Waals surface area contributed by atoms with Crippen LogP contribution in [0.2, 0.25) is 0 Å². The first kappa shape index (κ1) is 50.1. The quantitative estimate of drug-likeness (QED) is 0.0779. The number of hydrogen-bond donors (Lipinski definition) is 6. The van der Waals surface area contributed by atoms with Crippen LogP contribution in [0.3, 0.4) is 0 Å². The number of thiophene rings is 3. The fourth-order valence-corrected chi connectivity index (χ4v) is 5.20. The van der Waals surface area contributed by atoms with E-state index in [2.05, 4.69) is 125 Å². The predicted octanol–water partition coefficient (Wildman–Crippen LogP) is 6.85. The summed E-state index contributed by atoms with van der Waals surface area (Å²) in [6.07, 6.45) is 14.4. The maximum Gasteiger partial charge on any atom is 0.489 e. The lowest BCUT2D eigenvalue weighted by molar-refractivity contribution is 0.426. The standard InChI is InChI=1S/C8H5BrN2S.C8H7N3S.C4H5BO2S.C4H4BrN3.C4H5N3.CHBr3.H3N.H2O/c2*9-8-4-10-7(3-11-8)6-1-2-12-5-6;6-5(7)4-1-2-8-3-4;5-3-1-8-4(6)2-7-3;5-4-3-6-1-2-7-4;2-1(3)4;;/h1-5H;1-5H,(H2,9,11);1-3,6-7H;1-2H,(H2,6,8);1-3H,(H2,5,7);1H;1H3;1H2. The second-order valence-corrected chi connectivity index (χ2v) is 19.0. The highest BCUT2D eigenvalue weighted by atomic mass is 80.0. The lowest BCUT2D eigenvalue weighted by Gasteiger charge is -1.95. The Bertz CT molecular complexity index is 1760. The fraction of sp³-hybridized carbons (Fsp3) is 0.0345. The van der Waals surface area contributed by atoms with Gasteiger partial charge in [-0.05, 0) is 71.0 Å². The van der Waals surface area contributed by atoms with E-state index in [1.165, 1.54) is 23.7 Å². The first-order valence-corrected chi connectivity index (χ1v) is 20.8. The molecule has 7 aromatic rings. The van der Waals surface area contributed by atoms with E-state index >= 15 is 0 Å². The molecule has 15 nitrogen and oxygen atoms in total. The third-order valence-electron chi connectivity index (χ3n) is 4.99. The molecule has 0 spiro atoms. The third kappa shape index (κ3) is 23.5. The minimum Gasteiger partial charge on any atom is -0.423 e. The van der Waals surface area contributed by atoms with Gasteiger partial charge in [0, 0.05) is 34.3 Å². The zero-order chi connectivity index (χ0) is 37.4. The van der Waals surface area contributed by atoms with Gasteiger partial charge in [-0.2, -0.15) is 34.0 Å². The Hall–Kier alpha value is -2.88. The van der Waals surface area contributed by atoms with Crippen LogP contribution in [0.25, 0.3) is 22.5 Å². The van der Waals surface area contributed by atoms with E-state index in [1.54, 1.807) is 82.9 Å². The van der Waals surface area contributed by atoms with Crippen molar-refractivity contribution in [3.8, 4) is 22.5 Å². The molecule has 0 unspecified atom stereocenters. The van der Waals surface area contributed by atoms with Crippen molar-refractivity contribution < 1.29 is 15.5 Å². The number of nitrogen functional groups attached to an aromatic ring is 3. The summed E-state index contributed by atoms with van der Waals surface area (Å²) in [5.41, 5.74) is 20.4. The van der Waals surface area contributed by atoms with Crippen LogP contribution < -0.4 is 28.8 Å². The first-order chi connectivity index (χ1) is 24.4. The van der Waals surface area contributed by atoms with Gasteiger partial charge in [-0.1, -0.05) is 53.9 Å². The van der Waals surface area contributed by atoms with E-state index in [1.807, 2.05) is 28.3 Å². The summed E-state index contributed by atoms with van der Waals surface area (Å²) < 4.78 is 1.74. The summed E-state index contributed by atoms with van der Waals surface area (Å²) in [4.78, 5) is 31.4. The van der Waals surface area contributed by atoms with E-state index in [4.69, 9.17) is 27.2 Å².